The lowest BCUT2D eigenvalue weighted by molar-refractivity contribution is -0.114. The average Bonchev–Trinajstić information content (AvgIpc) is 3.19. The fraction of sp³-hybridized carbons (Fsp3) is 0.269. The highest BCUT2D eigenvalue weighted by Gasteiger charge is 2.28. The van der Waals surface area contributed by atoms with Crippen LogP contribution in [0.1, 0.15) is 25.7 Å². The predicted molar refractivity (Wildman–Crippen MR) is 147 cm³/mol. The first-order chi connectivity index (χ1) is 17.7. The molecular weight excluding hydrogens is 578 g/mol. The molecule has 0 aromatic heterocycles. The quantitative estimate of drug-likeness (QED) is 0.395. The summed E-state index contributed by atoms with van der Waals surface area (Å²) in [4.78, 5) is 13.2. The lowest BCUT2D eigenvalue weighted by Crippen LogP contribution is -2.38. The first-order valence-corrected chi connectivity index (χ1v) is 15.6. The van der Waals surface area contributed by atoms with E-state index in [4.69, 9.17) is 0 Å². The van der Waals surface area contributed by atoms with Crippen molar-refractivity contribution in [1.29, 1.82) is 0 Å². The molecule has 1 N–H and O–H groups in total. The Bertz CT molecular complexity index is 1420. The third-order valence-electron chi connectivity index (χ3n) is 6.07. The molecule has 0 saturated carbocycles. The Morgan fingerprint density at radius 3 is 1.97 bits per heavy atom. The number of rotatable bonds is 8. The number of nitrogens with one attached hydrogen (secondary N) is 1. The van der Waals surface area contributed by atoms with Crippen LogP contribution in [0.5, 0.6) is 0 Å². The van der Waals surface area contributed by atoms with Crippen molar-refractivity contribution in [2.45, 2.75) is 35.5 Å². The van der Waals surface area contributed by atoms with Gasteiger partial charge in [-0.1, -0.05) is 47.0 Å². The van der Waals surface area contributed by atoms with Crippen LogP contribution in [-0.4, -0.2) is 46.7 Å². The van der Waals surface area contributed by atoms with Gasteiger partial charge in [0.2, 0.25) is 15.9 Å². The highest BCUT2D eigenvalue weighted by molar-refractivity contribution is 9.10. The Hall–Kier alpha value is -2.73. The molecule has 4 rings (SSSR count). The Morgan fingerprint density at radius 2 is 1.38 bits per heavy atom. The lowest BCUT2D eigenvalue weighted by Gasteiger charge is -2.24. The van der Waals surface area contributed by atoms with Crippen molar-refractivity contribution in [1.82, 2.24) is 4.31 Å². The third kappa shape index (κ3) is 6.59. The zero-order valence-corrected chi connectivity index (χ0v) is 23.3. The minimum Gasteiger partial charge on any atom is -0.325 e. The second kappa shape index (κ2) is 11.8. The van der Waals surface area contributed by atoms with Crippen LogP contribution in [0.15, 0.2) is 93.1 Å². The Labute approximate surface area is 226 Å². The summed E-state index contributed by atoms with van der Waals surface area (Å²) in [5.74, 6) is -0.564. The Balaban J connectivity index is 1.52. The van der Waals surface area contributed by atoms with Crippen LogP contribution in [-0.2, 0) is 24.8 Å². The molecule has 0 bridgehead atoms. The number of carbonyl (C=O) groups is 1. The normalized spacial score (nSPS) is 15.1. The number of halogens is 1. The highest BCUT2D eigenvalue weighted by Crippen LogP contribution is 2.26. The molecule has 0 spiro atoms. The van der Waals surface area contributed by atoms with Crippen molar-refractivity contribution in [2.75, 3.05) is 29.3 Å². The van der Waals surface area contributed by atoms with Crippen LogP contribution < -0.4 is 9.62 Å². The monoisotopic (exact) mass is 605 g/mol. The molecule has 1 aliphatic rings. The molecular formula is C26H28BrN3O5S2. The summed E-state index contributed by atoms with van der Waals surface area (Å²) >= 11 is 3.34. The predicted octanol–water partition coefficient (Wildman–Crippen LogP) is 4.85. The summed E-state index contributed by atoms with van der Waals surface area (Å²) in [7, 11) is -7.63. The number of sulfonamides is 2. The van der Waals surface area contributed by atoms with E-state index in [9.17, 15) is 21.6 Å². The molecule has 0 radical (unpaired) electrons. The zero-order valence-electron chi connectivity index (χ0n) is 20.1. The number of carbonyl (C=O) groups excluding carboxylic acids is 1. The second-order valence-electron chi connectivity index (χ2n) is 8.69. The number of hydrogen-bond acceptors (Lipinski definition) is 5. The van der Waals surface area contributed by atoms with Crippen LogP contribution >= 0.6 is 15.9 Å². The number of anilines is 2. The van der Waals surface area contributed by atoms with Gasteiger partial charge in [-0.3, -0.25) is 9.10 Å². The third-order valence-corrected chi connectivity index (χ3v) is 10.3. The fourth-order valence-corrected chi connectivity index (χ4v) is 7.34. The SMILES string of the molecule is O=C(CN(c1ccc(Br)cc1)S(=O)(=O)c1ccccc1)Nc1ccc(S(=O)(=O)N2CCCCCC2)cc1. The molecule has 0 unspecified atom stereocenters. The van der Waals surface area contributed by atoms with Gasteiger partial charge in [0.1, 0.15) is 6.54 Å². The summed E-state index contributed by atoms with van der Waals surface area (Å²) < 4.78 is 56.1. The van der Waals surface area contributed by atoms with E-state index in [1.807, 2.05) is 0 Å². The summed E-state index contributed by atoms with van der Waals surface area (Å²) in [6.07, 6.45) is 3.73. The molecule has 0 aliphatic carbocycles. The van der Waals surface area contributed by atoms with Gasteiger partial charge in [0.15, 0.2) is 0 Å². The van der Waals surface area contributed by atoms with Gasteiger partial charge in [-0.15, -0.1) is 0 Å². The summed E-state index contributed by atoms with van der Waals surface area (Å²) in [5, 5.41) is 2.68. The van der Waals surface area contributed by atoms with E-state index >= 15 is 0 Å². The van der Waals surface area contributed by atoms with E-state index in [-0.39, 0.29) is 9.79 Å². The van der Waals surface area contributed by atoms with Gasteiger partial charge < -0.3 is 5.32 Å². The minimum absolute atomic E-state index is 0.0637. The van der Waals surface area contributed by atoms with Crippen LogP contribution in [0.25, 0.3) is 0 Å². The average molecular weight is 607 g/mol. The molecule has 3 aromatic rings. The zero-order chi connectivity index (χ0) is 26.5. The van der Waals surface area contributed by atoms with Crippen LogP contribution in [0.3, 0.4) is 0 Å². The lowest BCUT2D eigenvalue weighted by atomic mass is 10.2. The maximum absolute atomic E-state index is 13.4. The topological polar surface area (TPSA) is 104 Å². The van der Waals surface area contributed by atoms with Crippen molar-refractivity contribution in [3.63, 3.8) is 0 Å². The summed E-state index contributed by atoms with van der Waals surface area (Å²) in [6, 6.07) is 20.5. The molecule has 1 saturated heterocycles. The molecule has 1 fully saturated rings. The van der Waals surface area contributed by atoms with Gasteiger partial charge in [0.05, 0.1) is 15.5 Å². The molecule has 11 heteroatoms. The standard InChI is InChI=1S/C26H28BrN3O5S2/c27-21-10-14-23(15-11-21)30(37(34,35)24-8-4-3-5-9-24)20-26(31)28-22-12-16-25(17-13-22)36(32,33)29-18-6-1-2-7-19-29/h3-5,8-17H,1-2,6-7,18-20H2,(H,28,31). The smallest absolute Gasteiger partial charge is 0.264 e. The number of amides is 1. The van der Waals surface area contributed by atoms with E-state index in [0.717, 1.165) is 34.5 Å². The van der Waals surface area contributed by atoms with Crippen LogP contribution in [0, 0.1) is 0 Å². The van der Waals surface area contributed by atoms with Gasteiger partial charge in [-0.2, -0.15) is 4.31 Å². The molecule has 1 aliphatic heterocycles. The molecule has 196 valence electrons. The number of nitrogens with zero attached hydrogens (tertiary/aromatic N) is 2. The molecule has 1 amide bonds. The van der Waals surface area contributed by atoms with E-state index in [1.165, 1.54) is 40.7 Å². The second-order valence-corrected chi connectivity index (χ2v) is 13.4. The highest BCUT2D eigenvalue weighted by atomic mass is 79.9. The maximum atomic E-state index is 13.4. The van der Waals surface area contributed by atoms with Gasteiger partial charge in [0.25, 0.3) is 10.0 Å². The van der Waals surface area contributed by atoms with Gasteiger partial charge in [-0.25, -0.2) is 16.8 Å². The molecule has 0 atom stereocenters. The molecule has 37 heavy (non-hydrogen) atoms. The largest absolute Gasteiger partial charge is 0.325 e. The van der Waals surface area contributed by atoms with Crippen molar-refractivity contribution < 1.29 is 21.6 Å². The first-order valence-electron chi connectivity index (χ1n) is 11.9. The minimum atomic E-state index is -4.02. The molecule has 3 aromatic carbocycles. The van der Waals surface area contributed by atoms with Crippen molar-refractivity contribution in [3.05, 3.63) is 83.3 Å². The van der Waals surface area contributed by atoms with Gasteiger partial charge in [-0.05, 0) is 73.5 Å². The summed E-state index contributed by atoms with van der Waals surface area (Å²) in [6.45, 7) is 0.540. The molecule has 8 nitrogen and oxygen atoms in total. The van der Waals surface area contributed by atoms with E-state index < -0.39 is 32.5 Å². The van der Waals surface area contributed by atoms with E-state index in [2.05, 4.69) is 21.2 Å². The van der Waals surface area contributed by atoms with E-state index in [0.29, 0.717) is 24.5 Å². The van der Waals surface area contributed by atoms with Gasteiger partial charge >= 0.3 is 0 Å². The maximum Gasteiger partial charge on any atom is 0.264 e. The molecule has 1 heterocycles. The Morgan fingerprint density at radius 1 is 0.784 bits per heavy atom. The first kappa shape index (κ1) is 27.3. The van der Waals surface area contributed by atoms with Crippen molar-refractivity contribution >= 4 is 53.3 Å². The Kier molecular flexibility index (Phi) is 8.68. The fourth-order valence-electron chi connectivity index (χ4n) is 4.11. The van der Waals surface area contributed by atoms with Crippen molar-refractivity contribution in [2.24, 2.45) is 0 Å². The van der Waals surface area contributed by atoms with E-state index in [1.54, 1.807) is 42.5 Å². The van der Waals surface area contributed by atoms with Crippen molar-refractivity contribution in [3.8, 4) is 0 Å². The summed E-state index contributed by atoms with van der Waals surface area (Å²) in [5.41, 5.74) is 0.703. The van der Waals surface area contributed by atoms with Crippen LogP contribution in [0.2, 0.25) is 0 Å². The number of hydrogen-bond donors (Lipinski definition) is 1. The van der Waals surface area contributed by atoms with Crippen LogP contribution in [0.4, 0.5) is 11.4 Å². The van der Waals surface area contributed by atoms with Gasteiger partial charge in [0, 0.05) is 23.2 Å². The number of benzene rings is 3.